The molecule has 1 N–H and O–H groups in total. The van der Waals surface area contributed by atoms with Gasteiger partial charge >= 0.3 is 0 Å². The Labute approximate surface area is 127 Å². The maximum atomic E-state index is 12.5. The molecule has 0 spiro atoms. The number of nitrogens with zero attached hydrogens (tertiary/aromatic N) is 2. The van der Waals surface area contributed by atoms with E-state index in [0.29, 0.717) is 24.0 Å². The summed E-state index contributed by atoms with van der Waals surface area (Å²) in [7, 11) is -3.38. The van der Waals surface area contributed by atoms with Gasteiger partial charge in [0, 0.05) is 25.3 Å². The van der Waals surface area contributed by atoms with E-state index in [1.54, 1.807) is 16.4 Å². The first-order valence-corrected chi connectivity index (χ1v) is 9.24. The molecule has 0 bridgehead atoms. The lowest BCUT2D eigenvalue weighted by molar-refractivity contribution is 0.346. The van der Waals surface area contributed by atoms with E-state index in [1.165, 1.54) is 6.20 Å². The molecular formula is C15H25N3O2S. The summed E-state index contributed by atoms with van der Waals surface area (Å²) in [6, 6.07) is 3.79. The van der Waals surface area contributed by atoms with E-state index in [0.717, 1.165) is 37.9 Å². The molecule has 0 radical (unpaired) electrons. The van der Waals surface area contributed by atoms with Crippen molar-refractivity contribution in [1.82, 2.24) is 9.29 Å². The summed E-state index contributed by atoms with van der Waals surface area (Å²) >= 11 is 0. The van der Waals surface area contributed by atoms with E-state index in [-0.39, 0.29) is 0 Å². The normalized spacial score (nSPS) is 17.1. The molecule has 118 valence electrons. The highest BCUT2D eigenvalue weighted by molar-refractivity contribution is 7.89. The number of anilines is 1. The molecule has 1 aromatic heterocycles. The Bertz CT molecular complexity index is 533. The molecule has 5 nitrogen and oxygen atoms in total. The standard InChI is InChI=1S/C15H25N3O2S/c1-3-13(4-2)17-15-9-8-14(12-16-15)21(19,20)18-10-6-5-7-11-18/h8-9,12-13H,3-7,10-11H2,1-2H3,(H,16,17). The van der Waals surface area contributed by atoms with Gasteiger partial charge in [-0.3, -0.25) is 0 Å². The van der Waals surface area contributed by atoms with Gasteiger partial charge in [0.2, 0.25) is 10.0 Å². The van der Waals surface area contributed by atoms with Gasteiger partial charge in [0.1, 0.15) is 10.7 Å². The van der Waals surface area contributed by atoms with Crippen molar-refractivity contribution in [1.29, 1.82) is 0 Å². The summed E-state index contributed by atoms with van der Waals surface area (Å²) in [5, 5.41) is 3.32. The molecule has 1 aromatic rings. The lowest BCUT2D eigenvalue weighted by Gasteiger charge is -2.25. The Kier molecular flexibility index (Phi) is 5.58. The molecule has 0 amide bonds. The number of sulfonamides is 1. The minimum Gasteiger partial charge on any atom is -0.367 e. The predicted octanol–water partition coefficient (Wildman–Crippen LogP) is 2.86. The van der Waals surface area contributed by atoms with Crippen molar-refractivity contribution in [3.63, 3.8) is 0 Å². The zero-order chi connectivity index (χ0) is 15.3. The van der Waals surface area contributed by atoms with E-state index < -0.39 is 10.0 Å². The second-order valence-electron chi connectivity index (χ2n) is 5.50. The van der Waals surface area contributed by atoms with Crippen LogP contribution in [0.15, 0.2) is 23.2 Å². The van der Waals surface area contributed by atoms with Crippen LogP contribution in [0.3, 0.4) is 0 Å². The SMILES string of the molecule is CCC(CC)Nc1ccc(S(=O)(=O)N2CCCCC2)cn1. The molecule has 0 atom stereocenters. The Morgan fingerprint density at radius 1 is 1.19 bits per heavy atom. The first kappa shape index (κ1) is 16.2. The highest BCUT2D eigenvalue weighted by atomic mass is 32.2. The Morgan fingerprint density at radius 2 is 1.86 bits per heavy atom. The Hall–Kier alpha value is -1.14. The molecule has 1 aliphatic rings. The fraction of sp³-hybridized carbons (Fsp3) is 0.667. The molecule has 1 aliphatic heterocycles. The maximum Gasteiger partial charge on any atom is 0.244 e. The van der Waals surface area contributed by atoms with Crippen LogP contribution in [0.1, 0.15) is 46.0 Å². The first-order chi connectivity index (χ1) is 10.1. The minimum atomic E-state index is -3.38. The highest BCUT2D eigenvalue weighted by Crippen LogP contribution is 2.21. The lowest BCUT2D eigenvalue weighted by atomic mass is 10.2. The second-order valence-corrected chi connectivity index (χ2v) is 7.44. The fourth-order valence-corrected chi connectivity index (χ4v) is 4.04. The average Bonchev–Trinajstić information content (AvgIpc) is 2.54. The fourth-order valence-electron chi connectivity index (χ4n) is 2.57. The summed E-state index contributed by atoms with van der Waals surface area (Å²) in [6.07, 6.45) is 6.51. The third kappa shape index (κ3) is 3.95. The number of aromatic nitrogens is 1. The molecule has 0 aromatic carbocycles. The topological polar surface area (TPSA) is 62.3 Å². The minimum absolute atomic E-state index is 0.291. The molecule has 0 saturated carbocycles. The van der Waals surface area contributed by atoms with Gasteiger partial charge in [-0.1, -0.05) is 20.3 Å². The number of pyridine rings is 1. The van der Waals surface area contributed by atoms with Crippen LogP contribution in [-0.4, -0.2) is 36.8 Å². The van der Waals surface area contributed by atoms with Gasteiger partial charge in [-0.2, -0.15) is 4.31 Å². The van der Waals surface area contributed by atoms with E-state index in [4.69, 9.17) is 0 Å². The number of rotatable bonds is 6. The van der Waals surface area contributed by atoms with Crippen LogP contribution < -0.4 is 5.32 Å². The van der Waals surface area contributed by atoms with Crippen LogP contribution in [-0.2, 0) is 10.0 Å². The van der Waals surface area contributed by atoms with E-state index in [9.17, 15) is 8.42 Å². The molecule has 2 rings (SSSR count). The van der Waals surface area contributed by atoms with Gasteiger partial charge in [0.05, 0.1) is 0 Å². The molecule has 21 heavy (non-hydrogen) atoms. The van der Waals surface area contributed by atoms with Crippen LogP contribution in [0, 0.1) is 0 Å². The van der Waals surface area contributed by atoms with Crippen molar-refractivity contribution in [2.45, 2.75) is 56.9 Å². The van der Waals surface area contributed by atoms with Gasteiger partial charge in [-0.25, -0.2) is 13.4 Å². The van der Waals surface area contributed by atoms with Crippen LogP contribution in [0.2, 0.25) is 0 Å². The second kappa shape index (κ2) is 7.22. The summed E-state index contributed by atoms with van der Waals surface area (Å²) in [5.74, 6) is 0.737. The number of piperidine rings is 1. The van der Waals surface area contributed by atoms with E-state index >= 15 is 0 Å². The lowest BCUT2D eigenvalue weighted by Crippen LogP contribution is -2.35. The maximum absolute atomic E-state index is 12.5. The quantitative estimate of drug-likeness (QED) is 0.877. The summed E-state index contributed by atoms with van der Waals surface area (Å²) in [5.41, 5.74) is 0. The van der Waals surface area contributed by atoms with Gasteiger partial charge in [-0.15, -0.1) is 0 Å². The number of hydrogen-bond acceptors (Lipinski definition) is 4. The van der Waals surface area contributed by atoms with Crippen molar-refractivity contribution < 1.29 is 8.42 Å². The largest absolute Gasteiger partial charge is 0.367 e. The molecule has 1 saturated heterocycles. The van der Waals surface area contributed by atoms with Crippen LogP contribution >= 0.6 is 0 Å². The predicted molar refractivity (Wildman–Crippen MR) is 84.8 cm³/mol. The Morgan fingerprint density at radius 3 is 2.38 bits per heavy atom. The summed E-state index contributed by atoms with van der Waals surface area (Å²) in [6.45, 7) is 5.48. The molecule has 2 heterocycles. The van der Waals surface area contributed by atoms with E-state index in [1.807, 2.05) is 0 Å². The van der Waals surface area contributed by atoms with Crippen molar-refractivity contribution in [3.05, 3.63) is 18.3 Å². The summed E-state index contributed by atoms with van der Waals surface area (Å²) < 4.78 is 26.6. The molecule has 0 unspecified atom stereocenters. The third-order valence-corrected chi connectivity index (χ3v) is 5.91. The van der Waals surface area contributed by atoms with Crippen molar-refractivity contribution in [2.24, 2.45) is 0 Å². The van der Waals surface area contributed by atoms with E-state index in [2.05, 4.69) is 24.1 Å². The van der Waals surface area contributed by atoms with Gasteiger partial charge < -0.3 is 5.32 Å². The smallest absolute Gasteiger partial charge is 0.244 e. The van der Waals surface area contributed by atoms with Crippen LogP contribution in [0.5, 0.6) is 0 Å². The van der Waals surface area contributed by atoms with Crippen molar-refractivity contribution >= 4 is 15.8 Å². The molecule has 1 fully saturated rings. The molecule has 0 aliphatic carbocycles. The van der Waals surface area contributed by atoms with Crippen molar-refractivity contribution in [3.8, 4) is 0 Å². The molecule has 6 heteroatoms. The highest BCUT2D eigenvalue weighted by Gasteiger charge is 2.26. The van der Waals surface area contributed by atoms with Crippen molar-refractivity contribution in [2.75, 3.05) is 18.4 Å². The van der Waals surface area contributed by atoms with Crippen LogP contribution in [0.4, 0.5) is 5.82 Å². The zero-order valence-corrected chi connectivity index (χ0v) is 13.7. The summed E-state index contributed by atoms with van der Waals surface area (Å²) in [4.78, 5) is 4.55. The van der Waals surface area contributed by atoms with Gasteiger partial charge in [0.15, 0.2) is 0 Å². The third-order valence-electron chi connectivity index (χ3n) is 4.03. The first-order valence-electron chi connectivity index (χ1n) is 7.80. The number of nitrogens with one attached hydrogen (secondary N) is 1. The number of hydrogen-bond donors (Lipinski definition) is 1. The Balaban J connectivity index is 2.10. The monoisotopic (exact) mass is 311 g/mol. The van der Waals surface area contributed by atoms with Gasteiger partial charge in [0.25, 0.3) is 0 Å². The van der Waals surface area contributed by atoms with Crippen LogP contribution in [0.25, 0.3) is 0 Å². The zero-order valence-electron chi connectivity index (χ0n) is 12.9. The average molecular weight is 311 g/mol. The molecular weight excluding hydrogens is 286 g/mol. The van der Waals surface area contributed by atoms with Gasteiger partial charge in [-0.05, 0) is 37.8 Å².